The number of aryl methyl sites for hydroxylation is 1. The number of anilines is 1. The van der Waals surface area contributed by atoms with Crippen LogP contribution < -0.4 is 5.32 Å². The molecular weight excluding hydrogens is 327 g/mol. The number of nitro groups is 1. The van der Waals surface area contributed by atoms with E-state index < -0.39 is 16.4 Å². The largest absolute Gasteiger partial charge is 0.380 e. The molecule has 0 saturated heterocycles. The lowest BCUT2D eigenvalue weighted by Crippen LogP contribution is -2.04. The van der Waals surface area contributed by atoms with Crippen molar-refractivity contribution in [2.75, 3.05) is 5.32 Å². The molecule has 0 radical (unpaired) electrons. The Morgan fingerprint density at radius 3 is 2.80 bits per heavy atom. The minimum atomic E-state index is -0.797. The molecule has 1 N–H and O–H groups in total. The van der Waals surface area contributed by atoms with Gasteiger partial charge in [-0.05, 0) is 40.5 Å². The van der Waals surface area contributed by atoms with Gasteiger partial charge in [0.15, 0.2) is 0 Å². The van der Waals surface area contributed by atoms with E-state index in [1.54, 1.807) is 0 Å². The molecule has 20 heavy (non-hydrogen) atoms. The Morgan fingerprint density at radius 1 is 1.35 bits per heavy atom. The Bertz CT molecular complexity index is 662. The lowest BCUT2D eigenvalue weighted by molar-refractivity contribution is -0.387. The molecule has 0 aliphatic carbocycles. The highest BCUT2D eigenvalue weighted by molar-refractivity contribution is 9.10. The third-order valence-electron chi connectivity index (χ3n) is 2.85. The Kier molecular flexibility index (Phi) is 4.34. The van der Waals surface area contributed by atoms with Crippen LogP contribution in [0.25, 0.3) is 0 Å². The number of rotatable bonds is 4. The zero-order valence-corrected chi connectivity index (χ0v) is 12.3. The van der Waals surface area contributed by atoms with Gasteiger partial charge >= 0.3 is 5.69 Å². The first-order chi connectivity index (χ1) is 9.49. The van der Waals surface area contributed by atoms with E-state index in [1.807, 2.05) is 25.1 Å². The molecule has 0 heterocycles. The van der Waals surface area contributed by atoms with E-state index in [2.05, 4.69) is 21.2 Å². The van der Waals surface area contributed by atoms with Crippen LogP contribution in [0, 0.1) is 22.9 Å². The predicted molar refractivity (Wildman–Crippen MR) is 79.3 cm³/mol. The molecule has 0 aliphatic rings. The van der Waals surface area contributed by atoms with Gasteiger partial charge in [-0.25, -0.2) is 0 Å². The maximum atomic E-state index is 13.9. The number of nitro benzene ring substituents is 1. The van der Waals surface area contributed by atoms with Crippen molar-refractivity contribution >= 4 is 27.3 Å². The fraction of sp³-hybridized carbons (Fsp3) is 0.143. The van der Waals surface area contributed by atoms with Crippen LogP contribution in [0.5, 0.6) is 0 Å². The van der Waals surface area contributed by atoms with Crippen LogP contribution >= 0.6 is 15.9 Å². The summed E-state index contributed by atoms with van der Waals surface area (Å²) in [6, 6.07) is 9.91. The topological polar surface area (TPSA) is 55.2 Å². The Labute approximate surface area is 123 Å². The Balaban J connectivity index is 2.21. The maximum Gasteiger partial charge on any atom is 0.305 e. The molecule has 0 amide bonds. The average molecular weight is 339 g/mol. The molecule has 6 heteroatoms. The highest BCUT2D eigenvalue weighted by Crippen LogP contribution is 2.25. The summed E-state index contributed by atoms with van der Waals surface area (Å²) >= 11 is 3.40. The molecule has 0 aliphatic heterocycles. The molecule has 2 aromatic carbocycles. The molecule has 0 saturated carbocycles. The summed E-state index contributed by atoms with van der Waals surface area (Å²) in [4.78, 5) is 9.96. The monoisotopic (exact) mass is 338 g/mol. The highest BCUT2D eigenvalue weighted by Gasteiger charge is 2.16. The molecule has 104 valence electrons. The molecule has 0 atom stereocenters. The van der Waals surface area contributed by atoms with Crippen molar-refractivity contribution in [1.82, 2.24) is 0 Å². The van der Waals surface area contributed by atoms with Gasteiger partial charge in [0.25, 0.3) is 0 Å². The van der Waals surface area contributed by atoms with Gasteiger partial charge in [0.1, 0.15) is 0 Å². The maximum absolute atomic E-state index is 13.9. The van der Waals surface area contributed by atoms with Gasteiger partial charge in [-0.2, -0.15) is 4.39 Å². The molecule has 0 aromatic heterocycles. The lowest BCUT2D eigenvalue weighted by atomic mass is 10.1. The molecular formula is C14H12BrFN2O2. The van der Waals surface area contributed by atoms with Crippen LogP contribution in [0.1, 0.15) is 11.1 Å². The standard InChI is InChI=1S/C14H12BrFN2O2/c1-9-5-6-11(15)12(7-9)17-8-10-3-2-4-13(14(10)16)18(19)20/h2-7,17H,8H2,1H3. The molecule has 0 fully saturated rings. The molecule has 0 spiro atoms. The smallest absolute Gasteiger partial charge is 0.305 e. The molecule has 2 aromatic rings. The second-order valence-electron chi connectivity index (χ2n) is 4.34. The molecule has 4 nitrogen and oxygen atoms in total. The van der Waals surface area contributed by atoms with Crippen molar-refractivity contribution in [3.8, 4) is 0 Å². The van der Waals surface area contributed by atoms with E-state index in [9.17, 15) is 14.5 Å². The van der Waals surface area contributed by atoms with Crippen LogP contribution in [0.15, 0.2) is 40.9 Å². The number of nitrogens with zero attached hydrogens (tertiary/aromatic N) is 1. The summed E-state index contributed by atoms with van der Waals surface area (Å²) < 4.78 is 14.8. The average Bonchev–Trinajstić information content (AvgIpc) is 2.41. The number of nitrogens with one attached hydrogen (secondary N) is 1. The van der Waals surface area contributed by atoms with Crippen LogP contribution in [0.3, 0.4) is 0 Å². The normalized spacial score (nSPS) is 10.3. The van der Waals surface area contributed by atoms with Crippen LogP contribution in [-0.4, -0.2) is 4.92 Å². The summed E-state index contributed by atoms with van der Waals surface area (Å²) in [7, 11) is 0. The number of hydrogen-bond donors (Lipinski definition) is 1. The fourth-order valence-corrected chi connectivity index (χ4v) is 2.20. The Hall–Kier alpha value is -1.95. The minimum Gasteiger partial charge on any atom is -0.380 e. The van der Waals surface area contributed by atoms with E-state index in [-0.39, 0.29) is 12.1 Å². The number of benzene rings is 2. The molecule has 2 rings (SSSR count). The molecule has 0 bridgehead atoms. The molecule has 0 unspecified atom stereocenters. The van der Waals surface area contributed by atoms with E-state index >= 15 is 0 Å². The third kappa shape index (κ3) is 3.14. The van der Waals surface area contributed by atoms with Gasteiger partial charge in [0.2, 0.25) is 5.82 Å². The van der Waals surface area contributed by atoms with Crippen molar-refractivity contribution in [3.05, 3.63) is 67.9 Å². The van der Waals surface area contributed by atoms with E-state index in [0.29, 0.717) is 0 Å². The lowest BCUT2D eigenvalue weighted by Gasteiger charge is -2.10. The predicted octanol–water partition coefficient (Wildman–Crippen LogP) is 4.42. The van der Waals surface area contributed by atoms with E-state index in [0.717, 1.165) is 21.8 Å². The number of halogens is 2. The first-order valence-corrected chi connectivity index (χ1v) is 6.70. The van der Waals surface area contributed by atoms with Gasteiger partial charge in [0, 0.05) is 28.3 Å². The van der Waals surface area contributed by atoms with Crippen molar-refractivity contribution in [1.29, 1.82) is 0 Å². The summed E-state index contributed by atoms with van der Waals surface area (Å²) in [6.45, 7) is 2.13. The van der Waals surface area contributed by atoms with Crippen LogP contribution in [0.2, 0.25) is 0 Å². The highest BCUT2D eigenvalue weighted by atomic mass is 79.9. The van der Waals surface area contributed by atoms with Gasteiger partial charge < -0.3 is 5.32 Å². The summed E-state index contributed by atoms with van der Waals surface area (Å²) in [5.41, 5.74) is 1.63. The van der Waals surface area contributed by atoms with Crippen LogP contribution in [0.4, 0.5) is 15.8 Å². The summed E-state index contributed by atoms with van der Waals surface area (Å²) in [6.07, 6.45) is 0. The summed E-state index contributed by atoms with van der Waals surface area (Å²) in [5, 5.41) is 13.8. The van der Waals surface area contributed by atoms with Gasteiger partial charge in [-0.15, -0.1) is 0 Å². The Morgan fingerprint density at radius 2 is 2.10 bits per heavy atom. The second kappa shape index (κ2) is 6.00. The van der Waals surface area contributed by atoms with E-state index in [4.69, 9.17) is 0 Å². The van der Waals surface area contributed by atoms with Crippen molar-refractivity contribution < 1.29 is 9.31 Å². The van der Waals surface area contributed by atoms with Gasteiger partial charge in [-0.3, -0.25) is 10.1 Å². The van der Waals surface area contributed by atoms with Crippen LogP contribution in [-0.2, 0) is 6.54 Å². The van der Waals surface area contributed by atoms with E-state index in [1.165, 1.54) is 12.1 Å². The third-order valence-corrected chi connectivity index (χ3v) is 3.54. The first-order valence-electron chi connectivity index (χ1n) is 5.91. The quantitative estimate of drug-likeness (QED) is 0.663. The summed E-state index contributed by atoms with van der Waals surface area (Å²) in [5.74, 6) is -0.797. The van der Waals surface area contributed by atoms with Crippen molar-refractivity contribution in [3.63, 3.8) is 0 Å². The SMILES string of the molecule is Cc1ccc(Br)c(NCc2cccc([N+](=O)[O-])c2F)c1. The van der Waals surface area contributed by atoms with Crippen molar-refractivity contribution in [2.45, 2.75) is 13.5 Å². The zero-order valence-electron chi connectivity index (χ0n) is 10.7. The number of hydrogen-bond acceptors (Lipinski definition) is 3. The first kappa shape index (κ1) is 14.5. The second-order valence-corrected chi connectivity index (χ2v) is 5.20. The van der Waals surface area contributed by atoms with Gasteiger partial charge in [-0.1, -0.05) is 18.2 Å². The zero-order chi connectivity index (χ0) is 14.7. The minimum absolute atomic E-state index is 0.176. The van der Waals surface area contributed by atoms with Gasteiger partial charge in [0.05, 0.1) is 4.92 Å². The fourth-order valence-electron chi connectivity index (χ4n) is 1.81. The van der Waals surface area contributed by atoms with Crippen molar-refractivity contribution in [2.24, 2.45) is 0 Å².